The van der Waals surface area contributed by atoms with Crippen LogP contribution in [0.3, 0.4) is 0 Å². The van der Waals surface area contributed by atoms with Crippen LogP contribution in [0.25, 0.3) is 6.08 Å². The number of amides is 1. The molecule has 0 spiro atoms. The van der Waals surface area contributed by atoms with Crippen LogP contribution in [0.2, 0.25) is 0 Å². The summed E-state index contributed by atoms with van der Waals surface area (Å²) in [7, 11) is 0. The van der Waals surface area contributed by atoms with Crippen LogP contribution in [0.5, 0.6) is 0 Å². The van der Waals surface area contributed by atoms with Crippen molar-refractivity contribution in [2.45, 2.75) is 52.7 Å². The highest BCUT2D eigenvalue weighted by Crippen LogP contribution is 2.29. The van der Waals surface area contributed by atoms with Gasteiger partial charge in [0.1, 0.15) is 5.82 Å². The Kier molecular flexibility index (Phi) is 7.44. The van der Waals surface area contributed by atoms with Gasteiger partial charge in [-0.25, -0.2) is 9.18 Å². The Bertz CT molecular complexity index is 1240. The van der Waals surface area contributed by atoms with Gasteiger partial charge in [0.05, 0.1) is 12.2 Å². The van der Waals surface area contributed by atoms with Crippen LogP contribution in [-0.4, -0.2) is 39.2 Å². The summed E-state index contributed by atoms with van der Waals surface area (Å²) < 4.78 is 21.2. The molecule has 1 amide bonds. The molecule has 6 nitrogen and oxygen atoms in total. The van der Waals surface area contributed by atoms with Gasteiger partial charge in [-0.1, -0.05) is 48.0 Å². The third-order valence-corrected chi connectivity index (χ3v) is 6.22. The van der Waals surface area contributed by atoms with Crippen molar-refractivity contribution in [1.29, 1.82) is 0 Å². The molecule has 7 heteroatoms. The van der Waals surface area contributed by atoms with Crippen LogP contribution < -0.4 is 0 Å². The number of benzene rings is 2. The zero-order chi connectivity index (χ0) is 24.9. The minimum Gasteiger partial charge on any atom is -0.452 e. The number of nitrogens with zero attached hydrogens (tertiary/aromatic N) is 3. The Morgan fingerprint density at radius 3 is 2.51 bits per heavy atom. The molecule has 182 valence electrons. The number of esters is 1. The zero-order valence-electron chi connectivity index (χ0n) is 20.3. The summed E-state index contributed by atoms with van der Waals surface area (Å²) in [6.45, 7) is 6.33. The summed E-state index contributed by atoms with van der Waals surface area (Å²) >= 11 is 0. The van der Waals surface area contributed by atoms with E-state index in [1.54, 1.807) is 29.2 Å². The fourth-order valence-electron chi connectivity index (χ4n) is 4.00. The molecular weight excluding hydrogens is 445 g/mol. The zero-order valence-corrected chi connectivity index (χ0v) is 20.3. The van der Waals surface area contributed by atoms with Crippen molar-refractivity contribution in [3.05, 3.63) is 94.1 Å². The number of carbonyl (C=O) groups is 2. The molecule has 1 saturated carbocycles. The molecule has 1 fully saturated rings. The lowest BCUT2D eigenvalue weighted by molar-refractivity contribution is -0.148. The van der Waals surface area contributed by atoms with Crippen molar-refractivity contribution in [2.75, 3.05) is 6.61 Å². The lowest BCUT2D eigenvalue weighted by Gasteiger charge is -2.22. The van der Waals surface area contributed by atoms with Crippen LogP contribution in [0.4, 0.5) is 4.39 Å². The topological polar surface area (TPSA) is 64.4 Å². The Morgan fingerprint density at radius 2 is 1.83 bits per heavy atom. The van der Waals surface area contributed by atoms with E-state index in [9.17, 15) is 14.0 Å². The molecule has 0 unspecified atom stereocenters. The molecule has 1 aromatic heterocycles. The van der Waals surface area contributed by atoms with E-state index in [4.69, 9.17) is 4.74 Å². The van der Waals surface area contributed by atoms with E-state index in [0.717, 1.165) is 35.4 Å². The van der Waals surface area contributed by atoms with E-state index in [1.165, 1.54) is 17.7 Å². The quantitative estimate of drug-likeness (QED) is 0.331. The van der Waals surface area contributed by atoms with Crippen LogP contribution in [0.15, 0.2) is 54.6 Å². The third kappa shape index (κ3) is 6.23. The molecule has 35 heavy (non-hydrogen) atoms. The maximum absolute atomic E-state index is 14.0. The monoisotopic (exact) mass is 475 g/mol. The smallest absolute Gasteiger partial charge is 0.331 e. The maximum Gasteiger partial charge on any atom is 0.331 e. The fourth-order valence-corrected chi connectivity index (χ4v) is 4.00. The molecule has 0 radical (unpaired) electrons. The van der Waals surface area contributed by atoms with Crippen LogP contribution in [-0.2, 0) is 27.4 Å². The number of aromatic nitrogens is 2. The van der Waals surface area contributed by atoms with Crippen molar-refractivity contribution < 1.29 is 18.7 Å². The van der Waals surface area contributed by atoms with E-state index in [-0.39, 0.29) is 30.9 Å². The van der Waals surface area contributed by atoms with Gasteiger partial charge in [0.15, 0.2) is 6.61 Å². The molecule has 1 aliphatic carbocycles. The lowest BCUT2D eigenvalue weighted by atomic mass is 10.1. The first-order valence-electron chi connectivity index (χ1n) is 11.8. The number of ether oxygens (including phenoxy) is 1. The number of halogens is 1. The summed E-state index contributed by atoms with van der Waals surface area (Å²) in [6.07, 6.45) is 4.74. The van der Waals surface area contributed by atoms with Gasteiger partial charge < -0.3 is 9.64 Å². The third-order valence-electron chi connectivity index (χ3n) is 6.22. The van der Waals surface area contributed by atoms with Crippen molar-refractivity contribution in [2.24, 2.45) is 0 Å². The van der Waals surface area contributed by atoms with Gasteiger partial charge in [0, 0.05) is 35.5 Å². The largest absolute Gasteiger partial charge is 0.452 e. The highest BCUT2D eigenvalue weighted by Gasteiger charge is 2.33. The van der Waals surface area contributed by atoms with Gasteiger partial charge in [0.2, 0.25) is 0 Å². The number of hydrogen-bond acceptors (Lipinski definition) is 4. The van der Waals surface area contributed by atoms with Gasteiger partial charge in [-0.15, -0.1) is 0 Å². The maximum atomic E-state index is 14.0. The summed E-state index contributed by atoms with van der Waals surface area (Å²) in [5.41, 5.74) is 5.39. The number of aryl methyl sites for hydroxylation is 2. The second-order valence-electron chi connectivity index (χ2n) is 9.01. The van der Waals surface area contributed by atoms with Gasteiger partial charge in [-0.05, 0) is 51.3 Å². The molecule has 0 atom stereocenters. The number of rotatable bonds is 9. The molecule has 3 aromatic rings. The Labute approximate surface area is 205 Å². The molecular formula is C28H30FN3O3. The normalized spacial score (nSPS) is 13.3. The summed E-state index contributed by atoms with van der Waals surface area (Å²) in [5, 5.41) is 4.60. The molecule has 0 N–H and O–H groups in total. The molecule has 1 heterocycles. The first kappa shape index (κ1) is 24.4. The van der Waals surface area contributed by atoms with E-state index in [0.29, 0.717) is 12.1 Å². The van der Waals surface area contributed by atoms with Crippen molar-refractivity contribution >= 4 is 18.0 Å². The highest BCUT2D eigenvalue weighted by atomic mass is 19.1. The molecule has 2 aromatic carbocycles. The molecule has 4 rings (SSSR count). The summed E-state index contributed by atoms with van der Waals surface area (Å²) in [6, 6.07) is 14.8. The van der Waals surface area contributed by atoms with Crippen LogP contribution in [0.1, 0.15) is 46.5 Å². The minimum atomic E-state index is -0.606. The standard InChI is InChI=1S/C28H30FN3O3/c1-19-8-10-22(11-9-19)16-32-21(3)25(20(2)30-32)14-15-28(34)35-18-27(33)31(24-12-13-24)17-23-6-4-5-7-26(23)29/h4-11,14-15,24H,12-13,16-18H2,1-3H3/b15-14+. The summed E-state index contributed by atoms with van der Waals surface area (Å²) in [4.78, 5) is 26.6. The second kappa shape index (κ2) is 10.7. The Morgan fingerprint density at radius 1 is 1.11 bits per heavy atom. The van der Waals surface area contributed by atoms with Gasteiger partial charge in [0.25, 0.3) is 5.91 Å². The molecule has 0 aliphatic heterocycles. The van der Waals surface area contributed by atoms with Gasteiger partial charge in [-0.2, -0.15) is 5.10 Å². The highest BCUT2D eigenvalue weighted by molar-refractivity contribution is 5.89. The van der Waals surface area contributed by atoms with Crippen molar-refractivity contribution in [3.8, 4) is 0 Å². The van der Waals surface area contributed by atoms with E-state index < -0.39 is 5.97 Å². The average Bonchev–Trinajstić information content (AvgIpc) is 3.64. The average molecular weight is 476 g/mol. The molecule has 1 aliphatic rings. The van der Waals surface area contributed by atoms with E-state index in [2.05, 4.69) is 36.3 Å². The van der Waals surface area contributed by atoms with Crippen molar-refractivity contribution in [3.63, 3.8) is 0 Å². The second-order valence-corrected chi connectivity index (χ2v) is 9.01. The fraction of sp³-hybridized carbons (Fsp3) is 0.321. The predicted molar refractivity (Wildman–Crippen MR) is 132 cm³/mol. The minimum absolute atomic E-state index is 0.0704. The lowest BCUT2D eigenvalue weighted by Crippen LogP contribution is -2.36. The first-order valence-corrected chi connectivity index (χ1v) is 11.8. The van der Waals surface area contributed by atoms with Gasteiger partial charge in [-0.3, -0.25) is 9.48 Å². The SMILES string of the molecule is Cc1ccc(Cn2nc(C)c(/C=C/C(=O)OCC(=O)N(Cc3ccccc3F)C3CC3)c2C)cc1. The summed E-state index contributed by atoms with van der Waals surface area (Å²) in [5.74, 6) is -1.28. The Balaban J connectivity index is 1.35. The first-order chi connectivity index (χ1) is 16.8. The molecule has 0 bridgehead atoms. The predicted octanol–water partition coefficient (Wildman–Crippen LogP) is 4.74. The van der Waals surface area contributed by atoms with E-state index >= 15 is 0 Å². The Hall–Kier alpha value is -3.74. The van der Waals surface area contributed by atoms with Crippen molar-refractivity contribution in [1.82, 2.24) is 14.7 Å². The molecule has 0 saturated heterocycles. The number of hydrogen-bond donors (Lipinski definition) is 0. The number of carbonyl (C=O) groups excluding carboxylic acids is 2. The van der Waals surface area contributed by atoms with Crippen LogP contribution >= 0.6 is 0 Å². The van der Waals surface area contributed by atoms with Gasteiger partial charge >= 0.3 is 5.97 Å². The van der Waals surface area contributed by atoms with Crippen LogP contribution in [0, 0.1) is 26.6 Å². The van der Waals surface area contributed by atoms with E-state index in [1.807, 2.05) is 18.5 Å².